The number of nitrogens with zero attached hydrogens (tertiary/aromatic N) is 2. The summed E-state index contributed by atoms with van der Waals surface area (Å²) in [5.74, 6) is -0.956. The minimum Gasteiger partial charge on any atom is -0.478 e. The third-order valence-corrected chi connectivity index (χ3v) is 4.50. The zero-order valence-electron chi connectivity index (χ0n) is 12.0. The van der Waals surface area contributed by atoms with Gasteiger partial charge in [-0.1, -0.05) is 6.42 Å². The monoisotopic (exact) mass is 288 g/mol. The van der Waals surface area contributed by atoms with Crippen molar-refractivity contribution in [3.63, 3.8) is 0 Å². The Kier molecular flexibility index (Phi) is 3.92. The number of benzene rings is 1. The Morgan fingerprint density at radius 2 is 1.71 bits per heavy atom. The van der Waals surface area contributed by atoms with Crippen LogP contribution in [0.1, 0.15) is 40.0 Å². The van der Waals surface area contributed by atoms with Gasteiger partial charge in [0, 0.05) is 31.2 Å². The van der Waals surface area contributed by atoms with E-state index in [1.807, 2.05) is 4.90 Å². The number of carboxylic acids is 1. The van der Waals surface area contributed by atoms with Gasteiger partial charge in [0.25, 0.3) is 5.91 Å². The predicted octanol–water partition coefficient (Wildman–Crippen LogP) is 1.70. The largest absolute Gasteiger partial charge is 0.478 e. The van der Waals surface area contributed by atoms with Crippen LogP contribution < -0.4 is 0 Å². The molecule has 2 saturated heterocycles. The van der Waals surface area contributed by atoms with Gasteiger partial charge in [0.2, 0.25) is 0 Å². The van der Waals surface area contributed by atoms with E-state index in [-0.39, 0.29) is 11.5 Å². The maximum Gasteiger partial charge on any atom is 0.335 e. The highest BCUT2D eigenvalue weighted by Gasteiger charge is 2.31. The summed E-state index contributed by atoms with van der Waals surface area (Å²) in [5, 5.41) is 8.89. The molecule has 0 radical (unpaired) electrons. The number of carbonyl (C=O) groups excluding carboxylic acids is 1. The van der Waals surface area contributed by atoms with Gasteiger partial charge < -0.3 is 10.0 Å². The van der Waals surface area contributed by atoms with E-state index in [0.29, 0.717) is 11.6 Å². The molecule has 112 valence electrons. The smallest absolute Gasteiger partial charge is 0.335 e. The highest BCUT2D eigenvalue weighted by atomic mass is 16.4. The fourth-order valence-electron chi connectivity index (χ4n) is 3.28. The molecule has 0 aliphatic carbocycles. The van der Waals surface area contributed by atoms with Crippen molar-refractivity contribution in [3.05, 3.63) is 35.4 Å². The molecule has 5 heteroatoms. The van der Waals surface area contributed by atoms with Crippen molar-refractivity contribution in [3.8, 4) is 0 Å². The number of carbonyl (C=O) groups is 2. The Balaban J connectivity index is 1.68. The summed E-state index contributed by atoms with van der Waals surface area (Å²) in [6.07, 6.45) is 3.68. The minimum absolute atomic E-state index is 0.0113. The van der Waals surface area contributed by atoms with Crippen molar-refractivity contribution < 1.29 is 14.7 Å². The molecule has 2 aliphatic heterocycles. The molecule has 3 rings (SSSR count). The third-order valence-electron chi connectivity index (χ3n) is 4.50. The molecule has 0 saturated carbocycles. The first-order valence-corrected chi connectivity index (χ1v) is 7.52. The molecule has 0 bridgehead atoms. The normalized spacial score (nSPS) is 22.7. The lowest BCUT2D eigenvalue weighted by molar-refractivity contribution is 0.0372. The first kappa shape index (κ1) is 14.1. The first-order valence-electron chi connectivity index (χ1n) is 7.52. The third kappa shape index (κ3) is 2.93. The molecule has 1 aromatic rings. The fourth-order valence-corrected chi connectivity index (χ4v) is 3.28. The number of carboxylic acid groups (broad SMARTS) is 1. The maximum atomic E-state index is 12.5. The molecule has 1 N–H and O–H groups in total. The quantitative estimate of drug-likeness (QED) is 0.899. The molecule has 5 nitrogen and oxygen atoms in total. The van der Waals surface area contributed by atoms with E-state index in [1.165, 1.54) is 31.4 Å². The van der Waals surface area contributed by atoms with Crippen LogP contribution in [0, 0.1) is 0 Å². The van der Waals surface area contributed by atoms with Gasteiger partial charge in [0.15, 0.2) is 0 Å². The van der Waals surface area contributed by atoms with Crippen LogP contribution in [0.15, 0.2) is 24.3 Å². The first-order chi connectivity index (χ1) is 10.1. The zero-order valence-corrected chi connectivity index (χ0v) is 12.0. The van der Waals surface area contributed by atoms with Crippen molar-refractivity contribution >= 4 is 11.9 Å². The lowest BCUT2D eigenvalue weighted by Crippen LogP contribution is -2.56. The molecule has 1 unspecified atom stereocenters. The average molecular weight is 288 g/mol. The van der Waals surface area contributed by atoms with Crippen LogP contribution in [0.3, 0.4) is 0 Å². The van der Waals surface area contributed by atoms with Crippen LogP contribution in [0.4, 0.5) is 0 Å². The van der Waals surface area contributed by atoms with Crippen molar-refractivity contribution in [1.29, 1.82) is 0 Å². The van der Waals surface area contributed by atoms with Crippen molar-refractivity contribution in [1.82, 2.24) is 9.80 Å². The topological polar surface area (TPSA) is 60.9 Å². The SMILES string of the molecule is O=C(O)c1ccc(C(=O)N2CCN3CCCCC3C2)cc1. The lowest BCUT2D eigenvalue weighted by Gasteiger charge is -2.44. The van der Waals surface area contributed by atoms with Crippen molar-refractivity contribution in [2.24, 2.45) is 0 Å². The molecule has 21 heavy (non-hydrogen) atoms. The van der Waals surface area contributed by atoms with Crippen LogP contribution in [-0.4, -0.2) is 59.0 Å². The van der Waals surface area contributed by atoms with Crippen LogP contribution in [0.5, 0.6) is 0 Å². The number of piperidine rings is 1. The molecular formula is C16H20N2O3. The Labute approximate surface area is 124 Å². The number of hydrogen-bond donors (Lipinski definition) is 1. The van der Waals surface area contributed by atoms with E-state index >= 15 is 0 Å². The average Bonchev–Trinajstić information content (AvgIpc) is 2.54. The number of aromatic carboxylic acids is 1. The van der Waals surface area contributed by atoms with Crippen LogP contribution >= 0.6 is 0 Å². The van der Waals surface area contributed by atoms with E-state index in [2.05, 4.69) is 4.90 Å². The molecular weight excluding hydrogens is 268 g/mol. The Hall–Kier alpha value is -1.88. The second kappa shape index (κ2) is 5.85. The Morgan fingerprint density at radius 3 is 2.43 bits per heavy atom. The number of rotatable bonds is 2. The second-order valence-electron chi connectivity index (χ2n) is 5.82. The van der Waals surface area contributed by atoms with E-state index in [0.717, 1.165) is 26.2 Å². The summed E-state index contributed by atoms with van der Waals surface area (Å²) < 4.78 is 0. The highest BCUT2D eigenvalue weighted by molar-refractivity contribution is 5.96. The van der Waals surface area contributed by atoms with E-state index < -0.39 is 5.97 Å². The lowest BCUT2D eigenvalue weighted by atomic mass is 9.99. The zero-order chi connectivity index (χ0) is 14.8. The molecule has 2 aliphatic rings. The summed E-state index contributed by atoms with van der Waals surface area (Å²) in [6.45, 7) is 3.65. The predicted molar refractivity (Wildman–Crippen MR) is 78.5 cm³/mol. The molecule has 1 atom stereocenters. The van der Waals surface area contributed by atoms with Gasteiger partial charge in [0.1, 0.15) is 0 Å². The van der Waals surface area contributed by atoms with E-state index in [9.17, 15) is 9.59 Å². The summed E-state index contributed by atoms with van der Waals surface area (Å²) in [4.78, 5) is 27.7. The van der Waals surface area contributed by atoms with E-state index in [4.69, 9.17) is 5.11 Å². The van der Waals surface area contributed by atoms with Gasteiger partial charge in [-0.3, -0.25) is 9.69 Å². The Bertz CT molecular complexity index is 541. The molecule has 1 aromatic carbocycles. The van der Waals surface area contributed by atoms with Crippen LogP contribution in [0.25, 0.3) is 0 Å². The number of piperazine rings is 1. The maximum absolute atomic E-state index is 12.5. The second-order valence-corrected chi connectivity index (χ2v) is 5.82. The number of fused-ring (bicyclic) bond motifs is 1. The Morgan fingerprint density at radius 1 is 1.00 bits per heavy atom. The fraction of sp³-hybridized carbons (Fsp3) is 0.500. The van der Waals surface area contributed by atoms with Gasteiger partial charge in [-0.25, -0.2) is 4.79 Å². The van der Waals surface area contributed by atoms with Gasteiger partial charge in [0.05, 0.1) is 5.56 Å². The summed E-state index contributed by atoms with van der Waals surface area (Å²) >= 11 is 0. The van der Waals surface area contributed by atoms with Crippen molar-refractivity contribution in [2.45, 2.75) is 25.3 Å². The minimum atomic E-state index is -0.968. The summed E-state index contributed by atoms with van der Waals surface area (Å²) in [5.41, 5.74) is 0.785. The van der Waals surface area contributed by atoms with Crippen LogP contribution in [0.2, 0.25) is 0 Å². The van der Waals surface area contributed by atoms with Gasteiger partial charge >= 0.3 is 5.97 Å². The molecule has 2 fully saturated rings. The highest BCUT2D eigenvalue weighted by Crippen LogP contribution is 2.22. The van der Waals surface area contributed by atoms with Gasteiger partial charge in [-0.15, -0.1) is 0 Å². The van der Waals surface area contributed by atoms with Crippen molar-refractivity contribution in [2.75, 3.05) is 26.2 Å². The summed E-state index contributed by atoms with van der Waals surface area (Å²) in [6, 6.07) is 6.70. The number of hydrogen-bond acceptors (Lipinski definition) is 3. The van der Waals surface area contributed by atoms with Gasteiger partial charge in [-0.05, 0) is 43.7 Å². The molecule has 0 aromatic heterocycles. The van der Waals surface area contributed by atoms with E-state index in [1.54, 1.807) is 12.1 Å². The molecule has 2 heterocycles. The number of amides is 1. The molecule has 0 spiro atoms. The molecule has 1 amide bonds. The standard InChI is InChI=1S/C16H20N2O3/c19-15(12-4-6-13(7-5-12)16(20)21)18-10-9-17-8-2-1-3-14(17)11-18/h4-7,14H,1-3,8-11H2,(H,20,21). The summed E-state index contributed by atoms with van der Waals surface area (Å²) in [7, 11) is 0. The van der Waals surface area contributed by atoms with Crippen LogP contribution in [-0.2, 0) is 0 Å². The van der Waals surface area contributed by atoms with Gasteiger partial charge in [-0.2, -0.15) is 0 Å².